The van der Waals surface area contributed by atoms with Crippen LogP contribution >= 0.6 is 0 Å². The van der Waals surface area contributed by atoms with Gasteiger partial charge in [0, 0.05) is 46.7 Å². The predicted octanol–water partition coefficient (Wildman–Crippen LogP) is 7.27. The van der Waals surface area contributed by atoms with Gasteiger partial charge in [-0.25, -0.2) is 4.39 Å². The molecule has 3 aromatic rings. The molecular weight excluding hydrogens is 447 g/mol. The third-order valence-corrected chi connectivity index (χ3v) is 5.84. The van der Waals surface area contributed by atoms with E-state index in [1.165, 1.54) is 12.1 Å². The standard InChI is InChI=1S/C31H35FN4/c1-7-22(15-26(8-2)35-20(4)5)21(6)14-24(30(33)9-3)16-27-17-28-29(18-34-19-31(28)36-27)23-10-12-25(32)13-11-23/h7-15,17-20,35-36H,2,6,16,33H2,1,3-5H3/b22-7+,24-14-,26-15+,30-9+. The number of allylic oxidation sites excluding steroid dienone is 8. The fraction of sp³-hybridized carbons (Fsp3) is 0.194. The molecule has 4 nitrogen and oxygen atoms in total. The highest BCUT2D eigenvalue weighted by atomic mass is 19.1. The third-order valence-electron chi connectivity index (χ3n) is 5.84. The number of benzene rings is 1. The van der Waals surface area contributed by atoms with Crippen molar-refractivity contribution in [3.63, 3.8) is 0 Å². The Bertz CT molecular complexity index is 1370. The van der Waals surface area contributed by atoms with Gasteiger partial charge in [0.2, 0.25) is 0 Å². The Balaban J connectivity index is 1.96. The van der Waals surface area contributed by atoms with Crippen molar-refractivity contribution in [3.8, 4) is 11.1 Å². The topological polar surface area (TPSA) is 66.7 Å². The van der Waals surface area contributed by atoms with Crippen LogP contribution in [-0.4, -0.2) is 16.0 Å². The largest absolute Gasteiger partial charge is 0.399 e. The van der Waals surface area contributed by atoms with Gasteiger partial charge < -0.3 is 16.0 Å². The first kappa shape index (κ1) is 26.5. The first-order chi connectivity index (χ1) is 17.2. The van der Waals surface area contributed by atoms with E-state index in [1.807, 2.05) is 38.2 Å². The molecule has 0 atom stereocenters. The molecule has 0 aliphatic heterocycles. The van der Waals surface area contributed by atoms with Crippen molar-refractivity contribution in [2.75, 3.05) is 0 Å². The van der Waals surface area contributed by atoms with Crippen LogP contribution in [0.4, 0.5) is 4.39 Å². The molecule has 3 rings (SSSR count). The number of hydrogen-bond donors (Lipinski definition) is 3. The molecule has 0 bridgehead atoms. The summed E-state index contributed by atoms with van der Waals surface area (Å²) in [5.74, 6) is -0.263. The van der Waals surface area contributed by atoms with E-state index in [-0.39, 0.29) is 5.82 Å². The Labute approximate surface area is 213 Å². The Morgan fingerprint density at radius 2 is 1.86 bits per heavy atom. The van der Waals surface area contributed by atoms with Gasteiger partial charge in [0.05, 0.1) is 11.7 Å². The van der Waals surface area contributed by atoms with Crippen LogP contribution in [0.15, 0.2) is 114 Å². The van der Waals surface area contributed by atoms with E-state index >= 15 is 0 Å². The highest BCUT2D eigenvalue weighted by Crippen LogP contribution is 2.30. The molecule has 0 saturated heterocycles. The lowest BCUT2D eigenvalue weighted by atomic mass is 9.98. The minimum atomic E-state index is -0.263. The number of nitrogens with one attached hydrogen (secondary N) is 2. The molecule has 0 radical (unpaired) electrons. The van der Waals surface area contributed by atoms with Gasteiger partial charge in [0.15, 0.2) is 0 Å². The minimum Gasteiger partial charge on any atom is -0.399 e. The van der Waals surface area contributed by atoms with Gasteiger partial charge in [-0.2, -0.15) is 0 Å². The quantitative estimate of drug-likeness (QED) is 0.266. The summed E-state index contributed by atoms with van der Waals surface area (Å²) in [5, 5.41) is 4.41. The predicted molar refractivity (Wildman–Crippen MR) is 151 cm³/mol. The van der Waals surface area contributed by atoms with E-state index in [1.54, 1.807) is 30.6 Å². The molecule has 0 unspecified atom stereocenters. The molecule has 2 aromatic heterocycles. The summed E-state index contributed by atoms with van der Waals surface area (Å²) < 4.78 is 13.4. The number of pyridine rings is 1. The van der Waals surface area contributed by atoms with Crippen molar-refractivity contribution in [1.29, 1.82) is 0 Å². The zero-order valence-corrected chi connectivity index (χ0v) is 21.5. The molecule has 2 heterocycles. The lowest BCUT2D eigenvalue weighted by molar-refractivity contribution is 0.628. The van der Waals surface area contributed by atoms with Crippen molar-refractivity contribution in [3.05, 3.63) is 126 Å². The van der Waals surface area contributed by atoms with Crippen LogP contribution in [0.1, 0.15) is 33.4 Å². The molecule has 5 heteroatoms. The van der Waals surface area contributed by atoms with E-state index < -0.39 is 0 Å². The molecule has 0 aliphatic carbocycles. The van der Waals surface area contributed by atoms with Gasteiger partial charge in [-0.3, -0.25) is 4.98 Å². The fourth-order valence-corrected chi connectivity index (χ4v) is 4.01. The Kier molecular flexibility index (Phi) is 8.85. The number of hydrogen-bond acceptors (Lipinski definition) is 3. The van der Waals surface area contributed by atoms with Gasteiger partial charge in [-0.05, 0) is 86.4 Å². The van der Waals surface area contributed by atoms with Gasteiger partial charge in [-0.15, -0.1) is 0 Å². The van der Waals surface area contributed by atoms with Crippen LogP contribution in [0.2, 0.25) is 0 Å². The molecule has 0 spiro atoms. The third kappa shape index (κ3) is 6.51. The van der Waals surface area contributed by atoms with Crippen LogP contribution < -0.4 is 11.1 Å². The summed E-state index contributed by atoms with van der Waals surface area (Å²) in [5.41, 5.74) is 14.6. The van der Waals surface area contributed by atoms with E-state index in [4.69, 9.17) is 5.73 Å². The zero-order valence-electron chi connectivity index (χ0n) is 21.5. The Hall–Kier alpha value is -4.12. The highest BCUT2D eigenvalue weighted by Gasteiger charge is 2.12. The van der Waals surface area contributed by atoms with Gasteiger partial charge in [-0.1, -0.05) is 37.4 Å². The fourth-order valence-electron chi connectivity index (χ4n) is 4.01. The van der Waals surface area contributed by atoms with E-state index in [0.29, 0.717) is 18.2 Å². The zero-order chi connectivity index (χ0) is 26.2. The second kappa shape index (κ2) is 12.0. The summed E-state index contributed by atoms with van der Waals surface area (Å²) in [6.45, 7) is 16.3. The number of nitrogens with zero attached hydrogens (tertiary/aromatic N) is 1. The van der Waals surface area contributed by atoms with Gasteiger partial charge in [0.25, 0.3) is 0 Å². The van der Waals surface area contributed by atoms with Crippen molar-refractivity contribution >= 4 is 10.9 Å². The second-order valence-corrected chi connectivity index (χ2v) is 8.91. The van der Waals surface area contributed by atoms with Crippen LogP contribution in [-0.2, 0) is 6.42 Å². The maximum Gasteiger partial charge on any atom is 0.123 e. The van der Waals surface area contributed by atoms with Crippen LogP contribution in [0.5, 0.6) is 0 Å². The maximum absolute atomic E-state index is 13.4. The number of halogens is 1. The molecule has 4 N–H and O–H groups in total. The van der Waals surface area contributed by atoms with E-state index in [9.17, 15) is 4.39 Å². The molecule has 0 aliphatic rings. The summed E-state index contributed by atoms with van der Waals surface area (Å²) in [4.78, 5) is 7.84. The average molecular weight is 483 g/mol. The van der Waals surface area contributed by atoms with Crippen LogP contribution in [0.3, 0.4) is 0 Å². The molecular formula is C31H35FN4. The summed E-state index contributed by atoms with van der Waals surface area (Å²) in [7, 11) is 0. The lowest BCUT2D eigenvalue weighted by Crippen LogP contribution is -2.20. The molecule has 1 aromatic carbocycles. The summed E-state index contributed by atoms with van der Waals surface area (Å²) in [6, 6.07) is 8.85. The lowest BCUT2D eigenvalue weighted by Gasteiger charge is -2.13. The number of nitrogens with two attached hydrogens (primary N) is 1. The molecule has 36 heavy (non-hydrogen) atoms. The van der Waals surface area contributed by atoms with Gasteiger partial charge in [0.1, 0.15) is 5.82 Å². The Morgan fingerprint density at radius 3 is 2.47 bits per heavy atom. The molecule has 186 valence electrons. The van der Waals surface area contributed by atoms with Crippen molar-refractivity contribution < 1.29 is 4.39 Å². The highest BCUT2D eigenvalue weighted by molar-refractivity contribution is 5.94. The van der Waals surface area contributed by atoms with E-state index in [2.05, 4.69) is 48.4 Å². The monoisotopic (exact) mass is 482 g/mol. The number of aromatic amines is 1. The van der Waals surface area contributed by atoms with Crippen molar-refractivity contribution in [2.24, 2.45) is 5.73 Å². The van der Waals surface area contributed by atoms with Crippen LogP contribution in [0.25, 0.3) is 22.0 Å². The molecule has 0 saturated carbocycles. The van der Waals surface area contributed by atoms with Gasteiger partial charge >= 0.3 is 0 Å². The minimum absolute atomic E-state index is 0.263. The summed E-state index contributed by atoms with van der Waals surface area (Å²) >= 11 is 0. The number of aromatic nitrogens is 2. The maximum atomic E-state index is 13.4. The normalized spacial score (nSPS) is 13.4. The SMILES string of the molecule is C=C/C(=C\C(=C/C)C(=C)/C=C(Cc1cc2c(-c3ccc(F)cc3)cncc2[nH]1)\C(N)=C/C)NC(C)C. The van der Waals surface area contributed by atoms with Crippen molar-refractivity contribution in [2.45, 2.75) is 40.2 Å². The van der Waals surface area contributed by atoms with Crippen LogP contribution in [0, 0.1) is 5.82 Å². The van der Waals surface area contributed by atoms with E-state index in [0.717, 1.165) is 50.1 Å². The first-order valence-electron chi connectivity index (χ1n) is 12.1. The van der Waals surface area contributed by atoms with Crippen molar-refractivity contribution in [1.82, 2.24) is 15.3 Å². The summed E-state index contributed by atoms with van der Waals surface area (Å²) in [6.07, 6.45) is 14.0. The number of rotatable bonds is 10. The first-order valence-corrected chi connectivity index (χ1v) is 12.1. The molecule has 0 fully saturated rings. The second-order valence-electron chi connectivity index (χ2n) is 8.91. The Morgan fingerprint density at radius 1 is 1.14 bits per heavy atom. The number of fused-ring (bicyclic) bond motifs is 1. The average Bonchev–Trinajstić information content (AvgIpc) is 3.28. The smallest absolute Gasteiger partial charge is 0.123 e. The molecule has 0 amide bonds. The number of H-pyrrole nitrogens is 1.